The van der Waals surface area contributed by atoms with Gasteiger partial charge < -0.3 is 15.0 Å². The average molecular weight is 330 g/mol. The number of rotatable bonds is 6. The number of nitrogens with zero attached hydrogens (tertiary/aromatic N) is 1. The number of hydrogen-bond acceptors (Lipinski definition) is 3. The third kappa shape index (κ3) is 4.58. The third-order valence-corrected chi connectivity index (χ3v) is 5.35. The Morgan fingerprint density at radius 1 is 1.17 bits per heavy atom. The van der Waals surface area contributed by atoms with Gasteiger partial charge in [0.15, 0.2) is 6.10 Å². The standard InChI is InChI=1S/C20H30N2O2/c1-2-22-14-12-17(13-15-22)21-20(23)19(16-8-4-3-5-9-16)24-18-10-6-7-11-18/h3-5,8-9,17-19H,2,6-7,10-15H2,1H3,(H,21,23). The highest BCUT2D eigenvalue weighted by atomic mass is 16.5. The van der Waals surface area contributed by atoms with Crippen LogP contribution in [0, 0.1) is 0 Å². The van der Waals surface area contributed by atoms with Gasteiger partial charge in [-0.25, -0.2) is 0 Å². The van der Waals surface area contributed by atoms with Gasteiger partial charge in [-0.1, -0.05) is 50.1 Å². The van der Waals surface area contributed by atoms with Crippen LogP contribution in [0.4, 0.5) is 0 Å². The Morgan fingerprint density at radius 3 is 2.46 bits per heavy atom. The van der Waals surface area contributed by atoms with Gasteiger partial charge in [-0.2, -0.15) is 0 Å². The molecule has 4 heteroatoms. The second-order valence-corrected chi connectivity index (χ2v) is 7.05. The van der Waals surface area contributed by atoms with Crippen molar-refractivity contribution in [2.45, 2.75) is 63.7 Å². The van der Waals surface area contributed by atoms with Crippen LogP contribution in [0.25, 0.3) is 0 Å². The molecule has 1 atom stereocenters. The molecule has 0 radical (unpaired) electrons. The van der Waals surface area contributed by atoms with Gasteiger partial charge in [-0.3, -0.25) is 4.79 Å². The molecule has 0 spiro atoms. The third-order valence-electron chi connectivity index (χ3n) is 5.35. The molecule has 1 aliphatic heterocycles. The van der Waals surface area contributed by atoms with E-state index >= 15 is 0 Å². The fourth-order valence-electron chi connectivity index (χ4n) is 3.81. The molecule has 1 aromatic rings. The lowest BCUT2D eigenvalue weighted by Crippen LogP contribution is -2.46. The Kier molecular flexibility index (Phi) is 6.27. The van der Waals surface area contributed by atoms with Crippen molar-refractivity contribution in [1.29, 1.82) is 0 Å². The lowest BCUT2D eigenvalue weighted by atomic mass is 10.0. The second kappa shape index (κ2) is 8.63. The maximum atomic E-state index is 12.9. The van der Waals surface area contributed by atoms with Gasteiger partial charge in [0.05, 0.1) is 6.10 Å². The maximum Gasteiger partial charge on any atom is 0.254 e. The number of amides is 1. The molecule has 1 unspecified atom stereocenters. The molecule has 0 aromatic heterocycles. The number of nitrogens with one attached hydrogen (secondary N) is 1. The Hall–Kier alpha value is -1.39. The monoisotopic (exact) mass is 330 g/mol. The molecular formula is C20H30N2O2. The topological polar surface area (TPSA) is 41.6 Å². The normalized spacial score (nSPS) is 21.7. The molecule has 24 heavy (non-hydrogen) atoms. The van der Waals surface area contributed by atoms with E-state index in [0.717, 1.165) is 50.9 Å². The number of carbonyl (C=O) groups excluding carboxylic acids is 1. The number of piperidine rings is 1. The molecule has 1 saturated carbocycles. The Morgan fingerprint density at radius 2 is 1.83 bits per heavy atom. The number of carbonyl (C=O) groups is 1. The van der Waals surface area contributed by atoms with Crippen LogP contribution in [0.5, 0.6) is 0 Å². The summed E-state index contributed by atoms with van der Waals surface area (Å²) in [5.41, 5.74) is 0.966. The first-order valence-corrected chi connectivity index (χ1v) is 9.49. The minimum Gasteiger partial charge on any atom is -0.360 e. The van der Waals surface area contributed by atoms with Crippen molar-refractivity contribution < 1.29 is 9.53 Å². The van der Waals surface area contributed by atoms with Crippen molar-refractivity contribution in [3.8, 4) is 0 Å². The zero-order valence-corrected chi connectivity index (χ0v) is 14.7. The van der Waals surface area contributed by atoms with Gasteiger partial charge in [-0.05, 0) is 37.8 Å². The van der Waals surface area contributed by atoms with Crippen LogP contribution in [0.1, 0.15) is 57.1 Å². The molecule has 132 valence electrons. The first kappa shape index (κ1) is 17.4. The van der Waals surface area contributed by atoms with E-state index in [-0.39, 0.29) is 18.1 Å². The minimum absolute atomic E-state index is 0.0306. The van der Waals surface area contributed by atoms with Crippen LogP contribution in [-0.2, 0) is 9.53 Å². The lowest BCUT2D eigenvalue weighted by Gasteiger charge is -2.32. The highest BCUT2D eigenvalue weighted by Gasteiger charge is 2.29. The Balaban J connectivity index is 1.62. The summed E-state index contributed by atoms with van der Waals surface area (Å²) < 4.78 is 6.22. The first-order valence-electron chi connectivity index (χ1n) is 9.49. The van der Waals surface area contributed by atoms with Gasteiger partial charge in [0.1, 0.15) is 0 Å². The highest BCUT2D eigenvalue weighted by molar-refractivity contribution is 5.82. The predicted molar refractivity (Wildman–Crippen MR) is 95.8 cm³/mol. The molecule has 1 aromatic carbocycles. The summed E-state index contributed by atoms with van der Waals surface area (Å²) >= 11 is 0. The summed E-state index contributed by atoms with van der Waals surface area (Å²) in [5.74, 6) is 0.0306. The van der Waals surface area contributed by atoms with E-state index in [9.17, 15) is 4.79 Å². The van der Waals surface area contributed by atoms with Crippen molar-refractivity contribution in [2.24, 2.45) is 0 Å². The Labute approximate surface area is 145 Å². The molecule has 0 bridgehead atoms. The number of benzene rings is 1. The van der Waals surface area contributed by atoms with Crippen molar-refractivity contribution in [3.63, 3.8) is 0 Å². The number of likely N-dealkylation sites (tertiary alicyclic amines) is 1. The van der Waals surface area contributed by atoms with E-state index in [1.165, 1.54) is 12.8 Å². The summed E-state index contributed by atoms with van der Waals surface area (Å²) in [6.45, 7) is 5.43. The van der Waals surface area contributed by atoms with Gasteiger partial charge in [0, 0.05) is 19.1 Å². The fraction of sp³-hybridized carbons (Fsp3) is 0.650. The summed E-state index contributed by atoms with van der Waals surface area (Å²) in [4.78, 5) is 15.3. The summed E-state index contributed by atoms with van der Waals surface area (Å²) in [7, 11) is 0. The van der Waals surface area contributed by atoms with Crippen LogP contribution in [0.3, 0.4) is 0 Å². The zero-order valence-electron chi connectivity index (χ0n) is 14.7. The smallest absolute Gasteiger partial charge is 0.254 e. The molecule has 3 rings (SSSR count). The second-order valence-electron chi connectivity index (χ2n) is 7.05. The van der Waals surface area contributed by atoms with Gasteiger partial charge >= 0.3 is 0 Å². The summed E-state index contributed by atoms with van der Waals surface area (Å²) in [6, 6.07) is 10.2. The van der Waals surface area contributed by atoms with Crippen LogP contribution in [0.2, 0.25) is 0 Å². The molecule has 1 saturated heterocycles. The number of ether oxygens (including phenoxy) is 1. The molecular weight excluding hydrogens is 300 g/mol. The average Bonchev–Trinajstić information content (AvgIpc) is 3.14. The molecule has 2 aliphatic rings. The first-order chi connectivity index (χ1) is 11.8. The molecule has 1 heterocycles. The molecule has 4 nitrogen and oxygen atoms in total. The van der Waals surface area contributed by atoms with Crippen molar-refractivity contribution >= 4 is 5.91 Å². The van der Waals surface area contributed by atoms with Crippen molar-refractivity contribution in [2.75, 3.05) is 19.6 Å². The minimum atomic E-state index is -0.474. The fourth-order valence-corrected chi connectivity index (χ4v) is 3.81. The molecule has 1 aliphatic carbocycles. The zero-order chi connectivity index (χ0) is 16.8. The van der Waals surface area contributed by atoms with E-state index in [1.807, 2.05) is 30.3 Å². The highest BCUT2D eigenvalue weighted by Crippen LogP contribution is 2.28. The van der Waals surface area contributed by atoms with Crippen LogP contribution in [-0.4, -0.2) is 42.6 Å². The lowest BCUT2D eigenvalue weighted by molar-refractivity contribution is -0.138. The van der Waals surface area contributed by atoms with E-state index in [1.54, 1.807) is 0 Å². The van der Waals surface area contributed by atoms with E-state index in [4.69, 9.17) is 4.74 Å². The molecule has 2 fully saturated rings. The van der Waals surface area contributed by atoms with Crippen LogP contribution < -0.4 is 5.32 Å². The predicted octanol–water partition coefficient (Wildman–Crippen LogP) is 3.29. The largest absolute Gasteiger partial charge is 0.360 e. The van der Waals surface area contributed by atoms with Gasteiger partial charge in [0.25, 0.3) is 5.91 Å². The van der Waals surface area contributed by atoms with Gasteiger partial charge in [-0.15, -0.1) is 0 Å². The van der Waals surface area contributed by atoms with Gasteiger partial charge in [0.2, 0.25) is 0 Å². The quantitative estimate of drug-likeness (QED) is 0.870. The van der Waals surface area contributed by atoms with E-state index < -0.39 is 6.10 Å². The summed E-state index contributed by atoms with van der Waals surface area (Å²) in [6.07, 6.45) is 6.39. The van der Waals surface area contributed by atoms with Crippen LogP contribution >= 0.6 is 0 Å². The molecule has 1 N–H and O–H groups in total. The summed E-state index contributed by atoms with van der Waals surface area (Å²) in [5, 5.41) is 3.25. The van der Waals surface area contributed by atoms with Crippen molar-refractivity contribution in [1.82, 2.24) is 10.2 Å². The van der Waals surface area contributed by atoms with Crippen molar-refractivity contribution in [3.05, 3.63) is 35.9 Å². The van der Waals surface area contributed by atoms with E-state index in [0.29, 0.717) is 0 Å². The Bertz CT molecular complexity index is 506. The maximum absolute atomic E-state index is 12.9. The molecule has 1 amide bonds. The number of hydrogen-bond donors (Lipinski definition) is 1. The van der Waals surface area contributed by atoms with E-state index in [2.05, 4.69) is 17.1 Å². The van der Waals surface area contributed by atoms with Crippen LogP contribution in [0.15, 0.2) is 30.3 Å². The SMILES string of the molecule is CCN1CCC(NC(=O)C(OC2CCCC2)c2ccccc2)CC1.